The molecule has 1 aliphatic heterocycles. The maximum atomic E-state index is 13.0. The van der Waals surface area contributed by atoms with E-state index in [0.29, 0.717) is 5.56 Å². The molecule has 1 heterocycles. The van der Waals surface area contributed by atoms with Crippen LogP contribution in [-0.4, -0.2) is 16.7 Å². The van der Waals surface area contributed by atoms with Crippen LogP contribution < -0.4 is 5.32 Å². The molecule has 3 heteroatoms. The lowest BCUT2D eigenvalue weighted by Crippen LogP contribution is -2.40. The molecule has 1 aliphatic rings. The third-order valence-electron chi connectivity index (χ3n) is 3.23. The van der Waals surface area contributed by atoms with E-state index in [1.807, 2.05) is 0 Å². The molecule has 2 atom stereocenters. The van der Waals surface area contributed by atoms with Crippen LogP contribution in [0.4, 0.5) is 4.39 Å². The van der Waals surface area contributed by atoms with Gasteiger partial charge in [-0.05, 0) is 44.4 Å². The molecule has 16 heavy (non-hydrogen) atoms. The third kappa shape index (κ3) is 2.42. The SMILES string of the molecule is CC1(C)CC[C@H]([C@@H](O)c2cccc(F)c2)N1. The molecule has 1 fully saturated rings. The van der Waals surface area contributed by atoms with Gasteiger partial charge in [0.2, 0.25) is 0 Å². The molecule has 0 aromatic heterocycles. The summed E-state index contributed by atoms with van der Waals surface area (Å²) in [4.78, 5) is 0. The number of rotatable bonds is 2. The van der Waals surface area contributed by atoms with Crippen molar-refractivity contribution in [2.45, 2.75) is 44.4 Å². The van der Waals surface area contributed by atoms with Crippen LogP contribution in [0.2, 0.25) is 0 Å². The zero-order chi connectivity index (χ0) is 11.8. The molecule has 1 aromatic carbocycles. The predicted octanol–water partition coefficient (Wildman–Crippen LogP) is 2.39. The standard InChI is InChI=1S/C13H18FNO/c1-13(2)7-6-11(15-13)12(16)9-4-3-5-10(14)8-9/h3-5,8,11-12,15-16H,6-7H2,1-2H3/t11-,12+/m1/s1. The maximum Gasteiger partial charge on any atom is 0.123 e. The van der Waals surface area contributed by atoms with Gasteiger partial charge in [-0.25, -0.2) is 4.39 Å². The van der Waals surface area contributed by atoms with Gasteiger partial charge in [0.1, 0.15) is 5.82 Å². The zero-order valence-electron chi connectivity index (χ0n) is 9.70. The molecule has 2 rings (SSSR count). The van der Waals surface area contributed by atoms with Gasteiger partial charge in [0, 0.05) is 11.6 Å². The van der Waals surface area contributed by atoms with Crippen LogP contribution in [0.25, 0.3) is 0 Å². The van der Waals surface area contributed by atoms with Crippen molar-refractivity contribution in [2.75, 3.05) is 0 Å². The maximum absolute atomic E-state index is 13.0. The zero-order valence-corrected chi connectivity index (χ0v) is 9.70. The number of aliphatic hydroxyl groups is 1. The summed E-state index contributed by atoms with van der Waals surface area (Å²) in [6.07, 6.45) is 1.33. The normalized spacial score (nSPS) is 25.6. The van der Waals surface area contributed by atoms with Crippen LogP contribution in [0.15, 0.2) is 24.3 Å². The Morgan fingerprint density at radius 2 is 2.25 bits per heavy atom. The quantitative estimate of drug-likeness (QED) is 0.807. The Hall–Kier alpha value is -0.930. The van der Waals surface area contributed by atoms with Gasteiger partial charge in [0.05, 0.1) is 6.10 Å². The molecular formula is C13H18FNO. The molecular weight excluding hydrogens is 205 g/mol. The highest BCUT2D eigenvalue weighted by molar-refractivity contribution is 5.21. The van der Waals surface area contributed by atoms with Gasteiger partial charge in [-0.2, -0.15) is 0 Å². The Morgan fingerprint density at radius 1 is 1.50 bits per heavy atom. The summed E-state index contributed by atoms with van der Waals surface area (Å²) in [6.45, 7) is 4.23. The number of hydrogen-bond donors (Lipinski definition) is 2. The number of aliphatic hydroxyl groups excluding tert-OH is 1. The summed E-state index contributed by atoms with van der Waals surface area (Å²) < 4.78 is 13.0. The Morgan fingerprint density at radius 3 is 2.81 bits per heavy atom. The van der Waals surface area contributed by atoms with E-state index in [1.54, 1.807) is 12.1 Å². The third-order valence-corrected chi connectivity index (χ3v) is 3.23. The van der Waals surface area contributed by atoms with E-state index >= 15 is 0 Å². The van der Waals surface area contributed by atoms with Gasteiger partial charge in [-0.1, -0.05) is 12.1 Å². The first-order chi connectivity index (χ1) is 7.48. The average molecular weight is 223 g/mol. The van der Waals surface area contributed by atoms with Gasteiger partial charge < -0.3 is 10.4 Å². The van der Waals surface area contributed by atoms with Crippen molar-refractivity contribution in [3.8, 4) is 0 Å². The Kier molecular flexibility index (Phi) is 3.00. The van der Waals surface area contributed by atoms with E-state index in [0.717, 1.165) is 12.8 Å². The van der Waals surface area contributed by atoms with Crippen molar-refractivity contribution in [2.24, 2.45) is 0 Å². The fraction of sp³-hybridized carbons (Fsp3) is 0.538. The van der Waals surface area contributed by atoms with Gasteiger partial charge in [0.25, 0.3) is 0 Å². The predicted molar refractivity (Wildman–Crippen MR) is 61.6 cm³/mol. The van der Waals surface area contributed by atoms with E-state index in [2.05, 4.69) is 19.2 Å². The highest BCUT2D eigenvalue weighted by Gasteiger charge is 2.34. The van der Waals surface area contributed by atoms with Gasteiger partial charge >= 0.3 is 0 Å². The molecule has 88 valence electrons. The van der Waals surface area contributed by atoms with E-state index in [1.165, 1.54) is 12.1 Å². The Bertz CT molecular complexity index is 378. The second-order valence-corrected chi connectivity index (χ2v) is 5.17. The average Bonchev–Trinajstić information content (AvgIpc) is 2.58. The lowest BCUT2D eigenvalue weighted by atomic mass is 10.00. The fourth-order valence-corrected chi connectivity index (χ4v) is 2.32. The molecule has 0 unspecified atom stereocenters. The van der Waals surface area contributed by atoms with Crippen molar-refractivity contribution in [1.82, 2.24) is 5.32 Å². The molecule has 0 aliphatic carbocycles. The minimum absolute atomic E-state index is 0.0248. The van der Waals surface area contributed by atoms with Crippen molar-refractivity contribution >= 4 is 0 Å². The highest BCUT2D eigenvalue weighted by atomic mass is 19.1. The fourth-order valence-electron chi connectivity index (χ4n) is 2.32. The first kappa shape index (κ1) is 11.6. The van der Waals surface area contributed by atoms with Crippen molar-refractivity contribution in [3.63, 3.8) is 0 Å². The molecule has 0 radical (unpaired) electrons. The van der Waals surface area contributed by atoms with Gasteiger partial charge in [0.15, 0.2) is 0 Å². The lowest BCUT2D eigenvalue weighted by molar-refractivity contribution is 0.131. The summed E-state index contributed by atoms with van der Waals surface area (Å²) in [6, 6.07) is 6.21. The monoisotopic (exact) mass is 223 g/mol. The summed E-state index contributed by atoms with van der Waals surface area (Å²) >= 11 is 0. The first-order valence-electron chi connectivity index (χ1n) is 5.69. The number of hydrogen-bond acceptors (Lipinski definition) is 2. The number of nitrogens with one attached hydrogen (secondary N) is 1. The van der Waals surface area contributed by atoms with Gasteiger partial charge in [-0.15, -0.1) is 0 Å². The lowest BCUT2D eigenvalue weighted by Gasteiger charge is -2.23. The topological polar surface area (TPSA) is 32.3 Å². The Balaban J connectivity index is 2.11. The summed E-state index contributed by atoms with van der Waals surface area (Å²) in [7, 11) is 0. The van der Waals surface area contributed by atoms with Crippen molar-refractivity contribution in [1.29, 1.82) is 0 Å². The summed E-state index contributed by atoms with van der Waals surface area (Å²) in [5.74, 6) is -0.297. The first-order valence-corrected chi connectivity index (χ1v) is 5.69. The van der Waals surface area contributed by atoms with Crippen LogP contribution in [0, 0.1) is 5.82 Å². The number of benzene rings is 1. The number of halogens is 1. The van der Waals surface area contributed by atoms with Crippen LogP contribution in [-0.2, 0) is 0 Å². The molecule has 2 N–H and O–H groups in total. The van der Waals surface area contributed by atoms with Crippen molar-refractivity contribution in [3.05, 3.63) is 35.6 Å². The molecule has 0 spiro atoms. The van der Waals surface area contributed by atoms with Crippen LogP contribution in [0.5, 0.6) is 0 Å². The molecule has 0 amide bonds. The molecule has 2 nitrogen and oxygen atoms in total. The minimum Gasteiger partial charge on any atom is -0.387 e. The minimum atomic E-state index is -0.627. The van der Waals surface area contributed by atoms with E-state index in [9.17, 15) is 9.50 Å². The van der Waals surface area contributed by atoms with Crippen LogP contribution >= 0.6 is 0 Å². The van der Waals surface area contributed by atoms with E-state index in [-0.39, 0.29) is 17.4 Å². The molecule has 1 aromatic rings. The second-order valence-electron chi connectivity index (χ2n) is 5.17. The largest absolute Gasteiger partial charge is 0.387 e. The van der Waals surface area contributed by atoms with E-state index in [4.69, 9.17) is 0 Å². The van der Waals surface area contributed by atoms with Crippen LogP contribution in [0.3, 0.4) is 0 Å². The highest BCUT2D eigenvalue weighted by Crippen LogP contribution is 2.30. The molecule has 0 saturated carbocycles. The molecule has 0 bridgehead atoms. The summed E-state index contributed by atoms with van der Waals surface area (Å²) in [5, 5.41) is 13.5. The summed E-state index contributed by atoms with van der Waals surface area (Å²) in [5.41, 5.74) is 0.717. The van der Waals surface area contributed by atoms with E-state index < -0.39 is 6.10 Å². The van der Waals surface area contributed by atoms with Crippen LogP contribution in [0.1, 0.15) is 38.4 Å². The van der Waals surface area contributed by atoms with Crippen molar-refractivity contribution < 1.29 is 9.50 Å². The second kappa shape index (κ2) is 4.15. The Labute approximate surface area is 95.5 Å². The smallest absolute Gasteiger partial charge is 0.123 e. The molecule has 1 saturated heterocycles. The van der Waals surface area contributed by atoms with Gasteiger partial charge in [-0.3, -0.25) is 0 Å².